The molecule has 3 heterocycles. The number of anilines is 2. The van der Waals surface area contributed by atoms with Gasteiger partial charge in [-0.15, -0.1) is 21.5 Å². The summed E-state index contributed by atoms with van der Waals surface area (Å²) in [4.78, 5) is 27.4. The van der Waals surface area contributed by atoms with Crippen molar-refractivity contribution in [2.24, 2.45) is 0 Å². The summed E-state index contributed by atoms with van der Waals surface area (Å²) in [5, 5.41) is 14.6. The van der Waals surface area contributed by atoms with Gasteiger partial charge in [0.1, 0.15) is 5.82 Å². The molecule has 0 atom stereocenters. The summed E-state index contributed by atoms with van der Waals surface area (Å²) < 4.78 is 2.21. The zero-order valence-electron chi connectivity index (χ0n) is 17.0. The lowest BCUT2D eigenvalue weighted by Crippen LogP contribution is -2.23. The predicted molar refractivity (Wildman–Crippen MR) is 123 cm³/mol. The molecule has 0 spiro atoms. The number of hydrogen-bond donors (Lipinski definition) is 1. The van der Waals surface area contributed by atoms with Gasteiger partial charge in [0.15, 0.2) is 5.16 Å². The first-order valence-corrected chi connectivity index (χ1v) is 12.3. The van der Waals surface area contributed by atoms with Gasteiger partial charge in [0.05, 0.1) is 5.75 Å². The third-order valence-corrected chi connectivity index (χ3v) is 7.25. The highest BCUT2D eigenvalue weighted by atomic mass is 32.2. The van der Waals surface area contributed by atoms with Gasteiger partial charge in [-0.25, -0.2) is 0 Å². The zero-order chi connectivity index (χ0) is 21.2. The molecule has 3 aromatic rings. The second-order valence-electron chi connectivity index (χ2n) is 7.79. The molecule has 2 amide bonds. The van der Waals surface area contributed by atoms with Crippen molar-refractivity contribution >= 4 is 46.3 Å². The van der Waals surface area contributed by atoms with Crippen molar-refractivity contribution in [3.8, 4) is 0 Å². The number of aromatic nitrogens is 3. The molecule has 1 saturated heterocycles. The molecular weight excluding hydrogens is 430 g/mol. The summed E-state index contributed by atoms with van der Waals surface area (Å²) in [5.41, 5.74) is 1.61. The number of nitrogens with one attached hydrogen (secondary N) is 1. The summed E-state index contributed by atoms with van der Waals surface area (Å²) in [6, 6.07) is 12.1. The highest BCUT2D eigenvalue weighted by Gasteiger charge is 2.30. The van der Waals surface area contributed by atoms with E-state index < -0.39 is 0 Å². The number of amides is 2. The minimum absolute atomic E-state index is 0.0832. The van der Waals surface area contributed by atoms with Crippen LogP contribution in [0.15, 0.2) is 46.9 Å². The van der Waals surface area contributed by atoms with E-state index in [9.17, 15) is 9.59 Å². The molecule has 0 bridgehead atoms. The number of nitrogens with zero attached hydrogens (tertiary/aromatic N) is 4. The molecule has 1 aliphatic heterocycles. The Morgan fingerprint density at radius 1 is 1.19 bits per heavy atom. The largest absolute Gasteiger partial charge is 0.325 e. The third-order valence-electron chi connectivity index (χ3n) is 5.43. The quantitative estimate of drug-likeness (QED) is 0.519. The van der Waals surface area contributed by atoms with E-state index in [1.807, 2.05) is 30.3 Å². The fourth-order valence-electron chi connectivity index (χ4n) is 3.77. The molecule has 0 radical (unpaired) electrons. The van der Waals surface area contributed by atoms with Crippen LogP contribution in [-0.4, -0.2) is 38.9 Å². The van der Waals surface area contributed by atoms with Gasteiger partial charge in [-0.1, -0.05) is 17.8 Å². The Bertz CT molecular complexity index is 1070. The normalized spacial score (nSPS) is 16.1. The molecule has 160 valence electrons. The maximum atomic E-state index is 12.5. The molecule has 1 N–H and O–H groups in total. The highest BCUT2D eigenvalue weighted by Crippen LogP contribution is 2.39. The molecule has 1 aliphatic carbocycles. The molecule has 0 unspecified atom stereocenters. The molecule has 2 aliphatic rings. The lowest BCUT2D eigenvalue weighted by molar-refractivity contribution is -0.117. The van der Waals surface area contributed by atoms with E-state index in [1.54, 1.807) is 16.2 Å². The van der Waals surface area contributed by atoms with Gasteiger partial charge >= 0.3 is 0 Å². The Morgan fingerprint density at radius 3 is 2.71 bits per heavy atom. The van der Waals surface area contributed by atoms with E-state index in [1.165, 1.54) is 16.6 Å². The first kappa shape index (κ1) is 20.3. The van der Waals surface area contributed by atoms with E-state index in [0.29, 0.717) is 12.5 Å². The Hall–Kier alpha value is -2.65. The summed E-state index contributed by atoms with van der Waals surface area (Å²) in [7, 11) is 0. The maximum Gasteiger partial charge on any atom is 0.234 e. The Morgan fingerprint density at radius 2 is 2.03 bits per heavy atom. The molecule has 2 fully saturated rings. The van der Waals surface area contributed by atoms with Crippen LogP contribution in [0.3, 0.4) is 0 Å². The number of thioether (sulfide) groups is 1. The van der Waals surface area contributed by atoms with Gasteiger partial charge in [-0.3, -0.25) is 9.59 Å². The number of benzene rings is 1. The second kappa shape index (κ2) is 8.84. The van der Waals surface area contributed by atoms with Crippen LogP contribution in [0.4, 0.5) is 11.4 Å². The SMILES string of the molecule is O=C(CSc1nnc(Cc2cccs2)n1C1CC1)Nc1ccc(N2CCCC2=O)cc1. The van der Waals surface area contributed by atoms with Crippen molar-refractivity contribution in [2.45, 2.75) is 43.3 Å². The van der Waals surface area contributed by atoms with Crippen LogP contribution in [0, 0.1) is 0 Å². The van der Waals surface area contributed by atoms with Crippen molar-refractivity contribution < 1.29 is 9.59 Å². The highest BCUT2D eigenvalue weighted by molar-refractivity contribution is 7.99. The number of carbonyl (C=O) groups is 2. The standard InChI is InChI=1S/C22H23N5O2S2/c28-20(23-15-5-7-16(8-6-15)26-11-1-4-21(26)29)14-31-22-25-24-19(27(22)17-9-10-17)13-18-3-2-12-30-18/h2-3,5-8,12,17H,1,4,9-11,13-14H2,(H,23,28). The van der Waals surface area contributed by atoms with Gasteiger partial charge in [0.2, 0.25) is 11.8 Å². The van der Waals surface area contributed by atoms with Gasteiger partial charge in [-0.2, -0.15) is 0 Å². The van der Waals surface area contributed by atoms with Crippen molar-refractivity contribution in [1.29, 1.82) is 0 Å². The van der Waals surface area contributed by atoms with E-state index in [2.05, 4.69) is 31.5 Å². The van der Waals surface area contributed by atoms with Gasteiger partial charge in [0.25, 0.3) is 0 Å². The lowest BCUT2D eigenvalue weighted by Gasteiger charge is -2.16. The first-order chi connectivity index (χ1) is 15.2. The molecule has 5 rings (SSSR count). The number of hydrogen-bond acceptors (Lipinski definition) is 6. The third kappa shape index (κ3) is 4.67. The molecule has 2 aromatic heterocycles. The minimum atomic E-state index is -0.0832. The van der Waals surface area contributed by atoms with Crippen LogP contribution in [0.1, 0.15) is 42.4 Å². The Kier molecular flexibility index (Phi) is 5.78. The molecule has 7 nitrogen and oxygen atoms in total. The van der Waals surface area contributed by atoms with Gasteiger partial charge < -0.3 is 14.8 Å². The van der Waals surface area contributed by atoms with Crippen molar-refractivity contribution in [1.82, 2.24) is 14.8 Å². The van der Waals surface area contributed by atoms with E-state index in [0.717, 1.165) is 54.6 Å². The fourth-order valence-corrected chi connectivity index (χ4v) is 5.29. The number of rotatable bonds is 8. The summed E-state index contributed by atoms with van der Waals surface area (Å²) >= 11 is 3.15. The molecule has 31 heavy (non-hydrogen) atoms. The molecule has 9 heteroatoms. The average molecular weight is 454 g/mol. The number of carbonyl (C=O) groups excluding carboxylic acids is 2. The van der Waals surface area contributed by atoms with Crippen molar-refractivity contribution in [2.75, 3.05) is 22.5 Å². The fraction of sp³-hybridized carbons (Fsp3) is 0.364. The lowest BCUT2D eigenvalue weighted by atomic mass is 10.2. The van der Waals surface area contributed by atoms with Crippen LogP contribution in [0.25, 0.3) is 0 Å². The van der Waals surface area contributed by atoms with Crippen LogP contribution in [0.2, 0.25) is 0 Å². The Balaban J connectivity index is 1.19. The van der Waals surface area contributed by atoms with Crippen LogP contribution in [0.5, 0.6) is 0 Å². The predicted octanol–water partition coefficient (Wildman–Crippen LogP) is 4.12. The van der Waals surface area contributed by atoms with Crippen LogP contribution >= 0.6 is 23.1 Å². The van der Waals surface area contributed by atoms with Crippen LogP contribution < -0.4 is 10.2 Å². The van der Waals surface area contributed by atoms with E-state index >= 15 is 0 Å². The average Bonchev–Trinajstić information content (AvgIpc) is 3.13. The minimum Gasteiger partial charge on any atom is -0.325 e. The second-order valence-corrected chi connectivity index (χ2v) is 9.76. The van der Waals surface area contributed by atoms with Gasteiger partial charge in [-0.05, 0) is 55.0 Å². The Labute approximate surface area is 188 Å². The smallest absolute Gasteiger partial charge is 0.234 e. The maximum absolute atomic E-state index is 12.5. The zero-order valence-corrected chi connectivity index (χ0v) is 18.6. The monoisotopic (exact) mass is 453 g/mol. The van der Waals surface area contributed by atoms with Crippen LogP contribution in [-0.2, 0) is 16.0 Å². The first-order valence-electron chi connectivity index (χ1n) is 10.5. The van der Waals surface area contributed by atoms with Crippen molar-refractivity contribution in [3.05, 3.63) is 52.5 Å². The van der Waals surface area contributed by atoms with Crippen molar-refractivity contribution in [3.63, 3.8) is 0 Å². The topological polar surface area (TPSA) is 80.1 Å². The van der Waals surface area contributed by atoms with E-state index in [-0.39, 0.29) is 17.6 Å². The summed E-state index contributed by atoms with van der Waals surface area (Å²) in [6.07, 6.45) is 4.56. The molecular formula is C22H23N5O2S2. The summed E-state index contributed by atoms with van der Waals surface area (Å²) in [5.74, 6) is 1.32. The molecule has 1 saturated carbocycles. The van der Waals surface area contributed by atoms with Gasteiger partial charge in [0, 0.05) is 41.7 Å². The number of thiophene rings is 1. The molecule has 1 aromatic carbocycles. The summed E-state index contributed by atoms with van der Waals surface area (Å²) in [6.45, 7) is 0.761. The van der Waals surface area contributed by atoms with E-state index in [4.69, 9.17) is 0 Å².